The first-order valence-corrected chi connectivity index (χ1v) is 15.0. The van der Waals surface area contributed by atoms with Gasteiger partial charge in [0.15, 0.2) is 15.5 Å². The Balaban J connectivity index is 1.45. The molecular formula is C28H41N5O6S. The van der Waals surface area contributed by atoms with Gasteiger partial charge in [0.25, 0.3) is 11.8 Å². The van der Waals surface area contributed by atoms with Gasteiger partial charge in [-0.1, -0.05) is 12.1 Å². The van der Waals surface area contributed by atoms with Gasteiger partial charge in [0.1, 0.15) is 5.69 Å². The van der Waals surface area contributed by atoms with E-state index in [1.54, 1.807) is 39.6 Å². The average molecular weight is 576 g/mol. The van der Waals surface area contributed by atoms with Gasteiger partial charge in [-0.3, -0.25) is 14.3 Å². The van der Waals surface area contributed by atoms with E-state index in [2.05, 4.69) is 15.7 Å². The molecule has 2 amide bonds. The van der Waals surface area contributed by atoms with E-state index in [0.717, 1.165) is 11.3 Å². The molecule has 1 aromatic heterocycles. The van der Waals surface area contributed by atoms with Gasteiger partial charge in [-0.25, -0.2) is 8.42 Å². The zero-order valence-electron chi connectivity index (χ0n) is 24.2. The molecule has 40 heavy (non-hydrogen) atoms. The van der Waals surface area contributed by atoms with Crippen molar-refractivity contribution >= 4 is 27.3 Å². The van der Waals surface area contributed by atoms with E-state index >= 15 is 0 Å². The molecule has 0 unspecified atom stereocenters. The maximum Gasteiger partial charge on any atom is 0.272 e. The van der Waals surface area contributed by atoms with E-state index in [0.29, 0.717) is 43.6 Å². The van der Waals surface area contributed by atoms with Crippen molar-refractivity contribution in [2.45, 2.75) is 68.6 Å². The van der Waals surface area contributed by atoms with Crippen LogP contribution >= 0.6 is 0 Å². The molecule has 1 fully saturated rings. The lowest BCUT2D eigenvalue weighted by molar-refractivity contribution is -0.0253. The summed E-state index contributed by atoms with van der Waals surface area (Å²) in [5.41, 5.74) is 1.96. The normalized spacial score (nSPS) is 17.0. The first-order valence-electron chi connectivity index (χ1n) is 13.6. The molecule has 2 aliphatic rings. The monoisotopic (exact) mass is 575 g/mol. The summed E-state index contributed by atoms with van der Waals surface area (Å²) in [6, 6.07) is 7.69. The van der Waals surface area contributed by atoms with Crippen LogP contribution < -0.4 is 10.6 Å². The summed E-state index contributed by atoms with van der Waals surface area (Å²) in [7, 11) is -0.230. The van der Waals surface area contributed by atoms with Crippen LogP contribution in [0.1, 0.15) is 72.6 Å². The average Bonchev–Trinajstić information content (AvgIpc) is 3.59. The number of amides is 2. The van der Waals surface area contributed by atoms with Crippen molar-refractivity contribution in [3.63, 3.8) is 0 Å². The van der Waals surface area contributed by atoms with Crippen LogP contribution in [0.2, 0.25) is 0 Å². The highest BCUT2D eigenvalue weighted by atomic mass is 32.2. The third kappa shape index (κ3) is 5.89. The highest BCUT2D eigenvalue weighted by Gasteiger charge is 2.61. The minimum Gasteiger partial charge on any atom is -0.388 e. The number of sulfone groups is 1. The number of aryl methyl sites for hydroxylation is 1. The summed E-state index contributed by atoms with van der Waals surface area (Å²) in [5, 5.41) is 20.2. The highest BCUT2D eigenvalue weighted by Crippen LogP contribution is 2.49. The predicted octanol–water partition coefficient (Wildman–Crippen LogP) is 1.90. The number of hydrogen-bond acceptors (Lipinski definition) is 8. The first-order chi connectivity index (χ1) is 18.6. The smallest absolute Gasteiger partial charge is 0.272 e. The van der Waals surface area contributed by atoms with Gasteiger partial charge in [0.2, 0.25) is 0 Å². The Morgan fingerprint density at radius 1 is 1.15 bits per heavy atom. The summed E-state index contributed by atoms with van der Waals surface area (Å²) in [6.45, 7) is 7.13. The van der Waals surface area contributed by atoms with Crippen LogP contribution in [0.4, 0.5) is 5.69 Å². The molecule has 1 aliphatic heterocycles. The Morgan fingerprint density at radius 2 is 1.80 bits per heavy atom. The van der Waals surface area contributed by atoms with E-state index in [-0.39, 0.29) is 37.3 Å². The second-order valence-electron chi connectivity index (χ2n) is 12.2. The van der Waals surface area contributed by atoms with Crippen LogP contribution in [0.25, 0.3) is 0 Å². The van der Waals surface area contributed by atoms with E-state index in [1.165, 1.54) is 4.68 Å². The maximum absolute atomic E-state index is 13.7. The zero-order chi connectivity index (χ0) is 29.5. The van der Waals surface area contributed by atoms with Crippen molar-refractivity contribution < 1.29 is 27.9 Å². The van der Waals surface area contributed by atoms with E-state index in [4.69, 9.17) is 4.74 Å². The van der Waals surface area contributed by atoms with Crippen molar-refractivity contribution in [1.82, 2.24) is 20.0 Å². The second-order valence-corrected chi connectivity index (χ2v) is 15.1. The SMILES string of the molecule is CNc1ccc(CNC(=O)c2nn(C)c3c2CCN(CC2(S(=O)(=O)C(C)(C)COCC(C)(C)O)CC2)C3=O)cc1. The van der Waals surface area contributed by atoms with Crippen LogP contribution in [0, 0.1) is 0 Å². The molecule has 0 saturated heterocycles. The van der Waals surface area contributed by atoms with Crippen LogP contribution in [0.5, 0.6) is 0 Å². The summed E-state index contributed by atoms with van der Waals surface area (Å²) in [5.74, 6) is -0.680. The van der Waals surface area contributed by atoms with E-state index < -0.39 is 24.9 Å². The van der Waals surface area contributed by atoms with Crippen LogP contribution in [0.15, 0.2) is 24.3 Å². The molecule has 0 atom stereocenters. The van der Waals surface area contributed by atoms with Crippen molar-refractivity contribution in [2.24, 2.45) is 7.05 Å². The minimum absolute atomic E-state index is 0.0192. The number of nitrogens with zero attached hydrogens (tertiary/aromatic N) is 3. The molecule has 2 aromatic rings. The lowest BCUT2D eigenvalue weighted by atomic mass is 10.0. The number of rotatable bonds is 12. The molecule has 220 valence electrons. The third-order valence-electron chi connectivity index (χ3n) is 7.67. The quantitative estimate of drug-likeness (QED) is 0.348. The van der Waals surface area contributed by atoms with E-state index in [9.17, 15) is 23.1 Å². The van der Waals surface area contributed by atoms with Gasteiger partial charge in [-0.05, 0) is 64.7 Å². The molecule has 1 aromatic carbocycles. The number of carbonyl (C=O) groups excluding carboxylic acids is 2. The Kier molecular flexibility index (Phi) is 8.09. The summed E-state index contributed by atoms with van der Waals surface area (Å²) >= 11 is 0. The molecule has 1 saturated carbocycles. The molecule has 11 nitrogen and oxygen atoms in total. The second kappa shape index (κ2) is 10.8. The number of fused-ring (bicyclic) bond motifs is 1. The minimum atomic E-state index is -3.69. The molecular weight excluding hydrogens is 534 g/mol. The number of benzene rings is 1. The Bertz CT molecular complexity index is 1370. The van der Waals surface area contributed by atoms with Gasteiger partial charge in [0.05, 0.1) is 28.3 Å². The zero-order valence-corrected chi connectivity index (χ0v) is 25.0. The topological polar surface area (TPSA) is 143 Å². The van der Waals surface area contributed by atoms with Crippen molar-refractivity contribution in [1.29, 1.82) is 0 Å². The fourth-order valence-corrected chi connectivity index (χ4v) is 7.54. The fraction of sp³-hybridized carbons (Fsp3) is 0.607. The summed E-state index contributed by atoms with van der Waals surface area (Å²) in [4.78, 5) is 28.1. The molecule has 1 aliphatic carbocycles. The van der Waals surface area contributed by atoms with Gasteiger partial charge < -0.3 is 25.4 Å². The van der Waals surface area contributed by atoms with Crippen molar-refractivity contribution in [3.8, 4) is 0 Å². The number of aliphatic hydroxyl groups is 1. The standard InChI is InChI=1S/C28H41N5O6S/c1-26(2,36)17-39-18-27(3,4)40(37,38)28(12-13-28)16-33-14-11-21-22(31-32(6)23(21)25(33)35)24(34)30-15-19-7-9-20(29-5)10-8-19/h7-10,29,36H,11-18H2,1-6H3,(H,30,34). The van der Waals surface area contributed by atoms with Crippen molar-refractivity contribution in [2.75, 3.05) is 38.7 Å². The number of hydrogen-bond donors (Lipinski definition) is 3. The van der Waals surface area contributed by atoms with Gasteiger partial charge in [-0.2, -0.15) is 5.10 Å². The third-order valence-corrected chi connectivity index (χ3v) is 10.9. The van der Waals surface area contributed by atoms with Crippen LogP contribution in [-0.4, -0.2) is 88.5 Å². The number of carbonyl (C=O) groups is 2. The first kappa shape index (κ1) is 30.0. The molecule has 0 radical (unpaired) electrons. The van der Waals surface area contributed by atoms with Gasteiger partial charge >= 0.3 is 0 Å². The molecule has 4 rings (SSSR count). The lowest BCUT2D eigenvalue weighted by Crippen LogP contribution is -2.52. The Labute approximate surface area is 236 Å². The molecule has 3 N–H and O–H groups in total. The van der Waals surface area contributed by atoms with E-state index in [1.807, 2.05) is 31.3 Å². The van der Waals surface area contributed by atoms with Crippen molar-refractivity contribution in [3.05, 3.63) is 46.8 Å². The summed E-state index contributed by atoms with van der Waals surface area (Å²) < 4.78 is 32.3. The Morgan fingerprint density at radius 3 is 2.38 bits per heavy atom. The predicted molar refractivity (Wildman–Crippen MR) is 152 cm³/mol. The highest BCUT2D eigenvalue weighted by molar-refractivity contribution is 7.94. The molecule has 12 heteroatoms. The molecule has 2 heterocycles. The van der Waals surface area contributed by atoms with Crippen LogP contribution in [-0.2, 0) is 34.6 Å². The fourth-order valence-electron chi connectivity index (χ4n) is 5.17. The summed E-state index contributed by atoms with van der Waals surface area (Å²) in [6.07, 6.45) is 1.34. The number of aromatic nitrogens is 2. The van der Waals surface area contributed by atoms with Crippen LogP contribution in [0.3, 0.4) is 0 Å². The largest absolute Gasteiger partial charge is 0.388 e. The number of ether oxygens (including phenoxy) is 1. The number of nitrogens with one attached hydrogen (secondary N) is 2. The molecule has 0 spiro atoms. The maximum atomic E-state index is 13.7. The lowest BCUT2D eigenvalue weighted by Gasteiger charge is -2.35. The van der Waals surface area contributed by atoms with Gasteiger partial charge in [0, 0.05) is 45.0 Å². The molecule has 0 bridgehead atoms. The Hall–Kier alpha value is -2.96. The number of anilines is 1. The van der Waals surface area contributed by atoms with Gasteiger partial charge in [-0.15, -0.1) is 0 Å².